The highest BCUT2D eigenvalue weighted by Crippen LogP contribution is 2.26. The van der Waals surface area contributed by atoms with E-state index in [2.05, 4.69) is 43.0 Å². The first kappa shape index (κ1) is 14.3. The largest absolute Gasteiger partial charge is 0.496 e. The predicted molar refractivity (Wildman–Crippen MR) is 85.3 cm³/mol. The molecule has 0 aliphatic carbocycles. The van der Waals surface area contributed by atoms with Crippen molar-refractivity contribution in [1.82, 2.24) is 0 Å². The Morgan fingerprint density at radius 2 is 1.90 bits per heavy atom. The highest BCUT2D eigenvalue weighted by Gasteiger charge is 2.11. The number of rotatable bonds is 5. The van der Waals surface area contributed by atoms with Crippen molar-refractivity contribution in [3.05, 3.63) is 53.6 Å². The van der Waals surface area contributed by atoms with Gasteiger partial charge < -0.3 is 15.4 Å². The van der Waals surface area contributed by atoms with E-state index in [-0.39, 0.29) is 0 Å². The van der Waals surface area contributed by atoms with Crippen LogP contribution in [-0.2, 0) is 6.54 Å². The molecule has 0 aliphatic heterocycles. The first-order valence-electron chi connectivity index (χ1n) is 6.88. The lowest BCUT2D eigenvalue weighted by molar-refractivity contribution is 0.409. The lowest BCUT2D eigenvalue weighted by Gasteiger charge is -2.26. The number of methoxy groups -OCH3 is 1. The van der Waals surface area contributed by atoms with E-state index in [1.54, 1.807) is 7.11 Å². The van der Waals surface area contributed by atoms with Gasteiger partial charge in [-0.2, -0.15) is 0 Å². The standard InChI is InChI=1S/C17H22N2O/c1-4-19(16-8-6-5-7-13(16)2)12-14-9-10-15(18)11-17(14)20-3/h5-11H,4,12,18H2,1-3H3. The number of hydrogen-bond donors (Lipinski definition) is 1. The Morgan fingerprint density at radius 1 is 1.15 bits per heavy atom. The number of benzene rings is 2. The van der Waals surface area contributed by atoms with E-state index < -0.39 is 0 Å². The van der Waals surface area contributed by atoms with Crippen molar-refractivity contribution in [2.45, 2.75) is 20.4 Å². The highest BCUT2D eigenvalue weighted by molar-refractivity contribution is 5.55. The van der Waals surface area contributed by atoms with Crippen molar-refractivity contribution < 1.29 is 4.74 Å². The van der Waals surface area contributed by atoms with Gasteiger partial charge in [-0.25, -0.2) is 0 Å². The Bertz CT molecular complexity index is 581. The maximum Gasteiger partial charge on any atom is 0.125 e. The number of ether oxygens (including phenoxy) is 1. The van der Waals surface area contributed by atoms with Gasteiger partial charge in [-0.15, -0.1) is 0 Å². The van der Waals surface area contributed by atoms with Gasteiger partial charge in [0.2, 0.25) is 0 Å². The van der Waals surface area contributed by atoms with Gasteiger partial charge in [0.05, 0.1) is 7.11 Å². The fraction of sp³-hybridized carbons (Fsp3) is 0.294. The first-order valence-corrected chi connectivity index (χ1v) is 6.88. The van der Waals surface area contributed by atoms with Crippen molar-refractivity contribution >= 4 is 11.4 Å². The van der Waals surface area contributed by atoms with E-state index in [4.69, 9.17) is 10.5 Å². The zero-order chi connectivity index (χ0) is 14.5. The van der Waals surface area contributed by atoms with Crippen molar-refractivity contribution in [1.29, 1.82) is 0 Å². The molecule has 0 aromatic heterocycles. The van der Waals surface area contributed by atoms with Crippen molar-refractivity contribution in [3.63, 3.8) is 0 Å². The second-order valence-corrected chi connectivity index (χ2v) is 4.87. The van der Waals surface area contributed by atoms with E-state index in [0.717, 1.165) is 30.1 Å². The van der Waals surface area contributed by atoms with Crippen LogP contribution in [0, 0.1) is 6.92 Å². The Labute approximate surface area is 121 Å². The third kappa shape index (κ3) is 3.05. The quantitative estimate of drug-likeness (QED) is 0.843. The van der Waals surface area contributed by atoms with Gasteiger partial charge in [0.1, 0.15) is 5.75 Å². The van der Waals surface area contributed by atoms with E-state index in [9.17, 15) is 0 Å². The summed E-state index contributed by atoms with van der Waals surface area (Å²) in [6, 6.07) is 14.3. The van der Waals surface area contributed by atoms with E-state index in [1.807, 2.05) is 18.2 Å². The number of nitrogen functional groups attached to an aromatic ring is 1. The van der Waals surface area contributed by atoms with Gasteiger partial charge in [0.25, 0.3) is 0 Å². The predicted octanol–water partition coefficient (Wildman–Crippen LogP) is 3.61. The first-order chi connectivity index (χ1) is 9.65. The molecule has 0 spiro atoms. The summed E-state index contributed by atoms with van der Waals surface area (Å²) in [7, 11) is 1.68. The summed E-state index contributed by atoms with van der Waals surface area (Å²) < 4.78 is 5.43. The topological polar surface area (TPSA) is 38.5 Å². The van der Waals surface area contributed by atoms with Crippen LogP contribution in [-0.4, -0.2) is 13.7 Å². The lowest BCUT2D eigenvalue weighted by Crippen LogP contribution is -2.23. The molecule has 3 nitrogen and oxygen atoms in total. The minimum absolute atomic E-state index is 0.726. The van der Waals surface area contributed by atoms with Crippen LogP contribution in [0.5, 0.6) is 5.75 Å². The van der Waals surface area contributed by atoms with Crippen molar-refractivity contribution in [2.75, 3.05) is 24.3 Å². The molecule has 0 aliphatic rings. The molecule has 2 aromatic carbocycles. The molecule has 20 heavy (non-hydrogen) atoms. The van der Waals surface area contributed by atoms with E-state index in [0.29, 0.717) is 0 Å². The Hall–Kier alpha value is -2.16. The van der Waals surface area contributed by atoms with Gasteiger partial charge in [-0.3, -0.25) is 0 Å². The van der Waals surface area contributed by atoms with Gasteiger partial charge in [0, 0.05) is 36.1 Å². The molecular weight excluding hydrogens is 248 g/mol. The highest BCUT2D eigenvalue weighted by atomic mass is 16.5. The molecule has 0 saturated heterocycles. The van der Waals surface area contributed by atoms with E-state index in [1.165, 1.54) is 11.3 Å². The molecule has 0 unspecified atom stereocenters. The smallest absolute Gasteiger partial charge is 0.125 e. The van der Waals surface area contributed by atoms with Gasteiger partial charge in [-0.1, -0.05) is 24.3 Å². The van der Waals surface area contributed by atoms with Crippen LogP contribution in [0.3, 0.4) is 0 Å². The molecule has 2 aromatic rings. The molecule has 0 radical (unpaired) electrons. The van der Waals surface area contributed by atoms with E-state index >= 15 is 0 Å². The number of nitrogens with zero attached hydrogens (tertiary/aromatic N) is 1. The summed E-state index contributed by atoms with van der Waals surface area (Å²) in [4.78, 5) is 2.34. The average molecular weight is 270 g/mol. The number of para-hydroxylation sites is 1. The second-order valence-electron chi connectivity index (χ2n) is 4.87. The molecule has 2 rings (SSSR count). The number of anilines is 2. The fourth-order valence-corrected chi connectivity index (χ4v) is 2.38. The normalized spacial score (nSPS) is 10.3. The Morgan fingerprint density at radius 3 is 2.55 bits per heavy atom. The van der Waals surface area contributed by atoms with Gasteiger partial charge in [-0.05, 0) is 31.5 Å². The summed E-state index contributed by atoms with van der Waals surface area (Å²) in [5, 5.41) is 0. The maximum atomic E-state index is 5.81. The molecule has 2 N–H and O–H groups in total. The fourth-order valence-electron chi connectivity index (χ4n) is 2.38. The maximum absolute atomic E-state index is 5.81. The monoisotopic (exact) mass is 270 g/mol. The summed E-state index contributed by atoms with van der Waals surface area (Å²) in [6.07, 6.45) is 0. The Kier molecular flexibility index (Phi) is 4.51. The van der Waals surface area contributed by atoms with Crippen molar-refractivity contribution in [2.24, 2.45) is 0 Å². The minimum Gasteiger partial charge on any atom is -0.496 e. The third-order valence-corrected chi connectivity index (χ3v) is 3.51. The summed E-state index contributed by atoms with van der Waals surface area (Å²) in [5.74, 6) is 0.844. The number of nitrogens with two attached hydrogens (primary N) is 1. The molecule has 0 saturated carbocycles. The molecular formula is C17H22N2O. The van der Waals surface area contributed by atoms with Crippen LogP contribution < -0.4 is 15.4 Å². The summed E-state index contributed by atoms with van der Waals surface area (Å²) >= 11 is 0. The molecule has 106 valence electrons. The van der Waals surface area contributed by atoms with Crippen LogP contribution in [0.15, 0.2) is 42.5 Å². The molecule has 0 fully saturated rings. The molecule has 3 heteroatoms. The minimum atomic E-state index is 0.726. The SMILES string of the molecule is CCN(Cc1ccc(N)cc1OC)c1ccccc1C. The van der Waals surface area contributed by atoms with Crippen LogP contribution in [0.25, 0.3) is 0 Å². The molecule has 0 heterocycles. The van der Waals surface area contributed by atoms with Crippen LogP contribution in [0.4, 0.5) is 11.4 Å². The zero-order valence-electron chi connectivity index (χ0n) is 12.4. The second kappa shape index (κ2) is 6.33. The average Bonchev–Trinajstić information content (AvgIpc) is 2.47. The lowest BCUT2D eigenvalue weighted by atomic mass is 10.1. The van der Waals surface area contributed by atoms with Gasteiger partial charge in [0.15, 0.2) is 0 Å². The van der Waals surface area contributed by atoms with Crippen LogP contribution >= 0.6 is 0 Å². The number of aryl methyl sites for hydroxylation is 1. The molecule has 0 bridgehead atoms. The summed E-state index contributed by atoms with van der Waals surface area (Å²) in [6.45, 7) is 6.05. The molecule has 0 amide bonds. The van der Waals surface area contributed by atoms with Crippen molar-refractivity contribution in [3.8, 4) is 5.75 Å². The molecule has 0 atom stereocenters. The van der Waals surface area contributed by atoms with Gasteiger partial charge >= 0.3 is 0 Å². The third-order valence-electron chi connectivity index (χ3n) is 3.51. The zero-order valence-corrected chi connectivity index (χ0v) is 12.4. The van der Waals surface area contributed by atoms with Crippen LogP contribution in [0.1, 0.15) is 18.1 Å². The van der Waals surface area contributed by atoms with Crippen LogP contribution in [0.2, 0.25) is 0 Å². The Balaban J connectivity index is 2.29. The number of hydrogen-bond acceptors (Lipinski definition) is 3. The summed E-state index contributed by atoms with van der Waals surface area (Å²) in [5.41, 5.74) is 10.2.